The average Bonchev–Trinajstić information content (AvgIpc) is 3.44. The first-order chi connectivity index (χ1) is 16.0. The van der Waals surface area contributed by atoms with E-state index in [0.717, 1.165) is 26.6 Å². The summed E-state index contributed by atoms with van der Waals surface area (Å²) in [6.07, 6.45) is 0. The quantitative estimate of drug-likeness (QED) is 0.241. The second-order valence-corrected chi connectivity index (χ2v) is 9.63. The zero-order chi connectivity index (χ0) is 23.4. The molecule has 10 heteroatoms. The Morgan fingerprint density at radius 3 is 2.61 bits per heavy atom. The Morgan fingerprint density at radius 2 is 1.91 bits per heavy atom. The smallest absolute Gasteiger partial charge is 0.361 e. The highest BCUT2D eigenvalue weighted by Crippen LogP contribution is 2.38. The molecule has 0 saturated carbocycles. The predicted molar refractivity (Wildman–Crippen MR) is 132 cm³/mol. The van der Waals surface area contributed by atoms with E-state index in [0.29, 0.717) is 21.6 Å². The van der Waals surface area contributed by atoms with Gasteiger partial charge in [-0.3, -0.25) is 0 Å². The molecule has 0 aliphatic rings. The van der Waals surface area contributed by atoms with E-state index in [2.05, 4.69) is 10.3 Å². The number of esters is 1. The monoisotopic (exact) mass is 519 g/mol. The topological polar surface area (TPSA) is 66.2 Å². The van der Waals surface area contributed by atoms with Crippen LogP contribution in [0.4, 0.5) is 0 Å². The first-order valence-electron chi connectivity index (χ1n) is 9.93. The number of halogens is 2. The van der Waals surface area contributed by atoms with Gasteiger partial charge in [-0.1, -0.05) is 58.4 Å². The third-order valence-electron chi connectivity index (χ3n) is 4.64. The van der Waals surface area contributed by atoms with Crippen molar-refractivity contribution in [1.29, 1.82) is 0 Å². The van der Waals surface area contributed by atoms with Crippen LogP contribution in [0.3, 0.4) is 0 Å². The molecule has 2 aromatic carbocycles. The minimum Gasteiger partial charge on any atom is -0.497 e. The summed E-state index contributed by atoms with van der Waals surface area (Å²) in [5.41, 5.74) is 2.16. The van der Waals surface area contributed by atoms with E-state index in [-0.39, 0.29) is 12.3 Å². The molecule has 0 aliphatic heterocycles. The number of hydrogen-bond acceptors (Lipinski definition) is 7. The fourth-order valence-electron chi connectivity index (χ4n) is 3.02. The lowest BCUT2D eigenvalue weighted by Crippen LogP contribution is -2.08. The molecule has 0 saturated heterocycles. The number of ether oxygens (including phenoxy) is 2. The maximum Gasteiger partial charge on any atom is 0.361 e. The fourth-order valence-corrected chi connectivity index (χ4v) is 5.33. The average molecular weight is 520 g/mol. The molecule has 0 radical (unpaired) electrons. The van der Waals surface area contributed by atoms with Crippen molar-refractivity contribution in [2.75, 3.05) is 13.7 Å². The minimum absolute atomic E-state index is 0.192. The van der Waals surface area contributed by atoms with Gasteiger partial charge in [0.1, 0.15) is 10.8 Å². The molecule has 0 bridgehead atoms. The molecule has 0 aliphatic carbocycles. The third-order valence-corrected chi connectivity index (χ3v) is 7.58. The molecule has 0 N–H and O–H groups in total. The highest BCUT2D eigenvalue weighted by Gasteiger charge is 2.23. The number of thiophene rings is 1. The van der Waals surface area contributed by atoms with E-state index >= 15 is 0 Å². The lowest BCUT2D eigenvalue weighted by Gasteiger charge is -2.08. The van der Waals surface area contributed by atoms with Gasteiger partial charge in [0.05, 0.1) is 30.3 Å². The highest BCUT2D eigenvalue weighted by molar-refractivity contribution is 7.99. The van der Waals surface area contributed by atoms with Crippen LogP contribution in [0.5, 0.6) is 5.75 Å². The van der Waals surface area contributed by atoms with Gasteiger partial charge in [0.2, 0.25) is 5.69 Å². The molecule has 170 valence electrons. The first-order valence-corrected chi connectivity index (χ1v) is 12.4. The summed E-state index contributed by atoms with van der Waals surface area (Å²) < 4.78 is 12.1. The zero-order valence-electron chi connectivity index (χ0n) is 17.7. The molecular weight excluding hydrogens is 501 g/mol. The Bertz CT molecular complexity index is 1270. The van der Waals surface area contributed by atoms with Crippen LogP contribution in [0.25, 0.3) is 10.4 Å². The summed E-state index contributed by atoms with van der Waals surface area (Å²) in [5, 5.41) is 12.0. The summed E-state index contributed by atoms with van der Waals surface area (Å²) >= 11 is 15.2. The van der Waals surface area contributed by atoms with Crippen molar-refractivity contribution in [3.8, 4) is 16.2 Å². The summed E-state index contributed by atoms with van der Waals surface area (Å²) in [5.74, 6) is 0.271. The van der Waals surface area contributed by atoms with E-state index in [1.54, 1.807) is 36.1 Å². The van der Waals surface area contributed by atoms with E-state index in [9.17, 15) is 4.79 Å². The van der Waals surface area contributed by atoms with Gasteiger partial charge in [0.15, 0.2) is 0 Å². The number of benzene rings is 2. The van der Waals surface area contributed by atoms with Crippen LogP contribution in [0.15, 0.2) is 63.8 Å². The minimum atomic E-state index is -0.499. The van der Waals surface area contributed by atoms with Gasteiger partial charge in [-0.05, 0) is 48.4 Å². The second kappa shape index (κ2) is 10.6. The number of aromatic nitrogens is 3. The molecular formula is C23H19Cl2N3O3S2. The molecule has 0 fully saturated rings. The standard InChI is InChI=1S/C23H19Cl2N3O3S2/c1-3-31-23(29)21-22(28(27-26-21)12-14-4-7-16(30-2)8-5-14)33-17-11-20(32-13-17)15-6-9-18(24)19(25)10-15/h4-11,13H,3,12H2,1-2H3. The Balaban J connectivity index is 1.63. The van der Waals surface area contributed by atoms with Crippen molar-refractivity contribution in [3.63, 3.8) is 0 Å². The van der Waals surface area contributed by atoms with Crippen LogP contribution in [0.2, 0.25) is 10.0 Å². The molecule has 0 spiro atoms. The number of methoxy groups -OCH3 is 1. The molecule has 0 amide bonds. The fraction of sp³-hybridized carbons (Fsp3) is 0.174. The molecule has 2 heterocycles. The van der Waals surface area contributed by atoms with Gasteiger partial charge in [-0.25, -0.2) is 9.48 Å². The van der Waals surface area contributed by atoms with Crippen LogP contribution in [-0.4, -0.2) is 34.7 Å². The zero-order valence-corrected chi connectivity index (χ0v) is 20.9. The lowest BCUT2D eigenvalue weighted by atomic mass is 10.2. The maximum absolute atomic E-state index is 12.5. The second-order valence-electron chi connectivity index (χ2n) is 6.85. The Kier molecular flexibility index (Phi) is 7.60. The lowest BCUT2D eigenvalue weighted by molar-refractivity contribution is 0.0515. The molecule has 4 aromatic rings. The Hall–Kier alpha value is -2.52. The maximum atomic E-state index is 12.5. The van der Waals surface area contributed by atoms with Crippen molar-refractivity contribution in [1.82, 2.24) is 15.0 Å². The normalized spacial score (nSPS) is 10.9. The van der Waals surface area contributed by atoms with Gasteiger partial charge in [0, 0.05) is 15.2 Å². The first kappa shape index (κ1) is 23.6. The molecule has 0 unspecified atom stereocenters. The van der Waals surface area contributed by atoms with E-state index in [1.807, 2.05) is 47.8 Å². The third kappa shape index (κ3) is 5.52. The Labute approximate surface area is 209 Å². The van der Waals surface area contributed by atoms with Crippen molar-refractivity contribution in [2.24, 2.45) is 0 Å². The summed E-state index contributed by atoms with van der Waals surface area (Å²) in [6, 6.07) is 15.2. The van der Waals surface area contributed by atoms with Crippen LogP contribution in [0.1, 0.15) is 23.0 Å². The van der Waals surface area contributed by atoms with Crippen molar-refractivity contribution < 1.29 is 14.3 Å². The van der Waals surface area contributed by atoms with E-state index < -0.39 is 5.97 Å². The van der Waals surface area contributed by atoms with Crippen LogP contribution >= 0.6 is 46.3 Å². The van der Waals surface area contributed by atoms with Crippen LogP contribution < -0.4 is 4.74 Å². The molecule has 4 rings (SSSR count). The summed E-state index contributed by atoms with van der Waals surface area (Å²) in [6.45, 7) is 2.46. The van der Waals surface area contributed by atoms with Gasteiger partial charge in [0.25, 0.3) is 0 Å². The van der Waals surface area contributed by atoms with Gasteiger partial charge in [-0.15, -0.1) is 16.4 Å². The number of hydrogen-bond donors (Lipinski definition) is 0. The number of rotatable bonds is 8. The van der Waals surface area contributed by atoms with Crippen molar-refractivity contribution in [2.45, 2.75) is 23.4 Å². The van der Waals surface area contributed by atoms with Crippen molar-refractivity contribution in [3.05, 3.63) is 75.2 Å². The molecule has 33 heavy (non-hydrogen) atoms. The van der Waals surface area contributed by atoms with Crippen LogP contribution in [0, 0.1) is 0 Å². The van der Waals surface area contributed by atoms with E-state index in [1.165, 1.54) is 11.8 Å². The number of carbonyl (C=O) groups is 1. The summed E-state index contributed by atoms with van der Waals surface area (Å²) in [7, 11) is 1.62. The Morgan fingerprint density at radius 1 is 1.12 bits per heavy atom. The van der Waals surface area contributed by atoms with Gasteiger partial charge >= 0.3 is 5.97 Å². The SMILES string of the molecule is CCOC(=O)c1nnn(Cc2ccc(OC)cc2)c1Sc1csc(-c2ccc(Cl)c(Cl)c2)c1. The number of carbonyl (C=O) groups excluding carboxylic acids is 1. The predicted octanol–water partition coefficient (Wildman–Crippen LogP) is 6.70. The number of nitrogens with zero attached hydrogens (tertiary/aromatic N) is 3. The van der Waals surface area contributed by atoms with Gasteiger partial charge < -0.3 is 9.47 Å². The molecule has 6 nitrogen and oxygen atoms in total. The van der Waals surface area contributed by atoms with Crippen LogP contribution in [-0.2, 0) is 11.3 Å². The van der Waals surface area contributed by atoms with Gasteiger partial charge in [-0.2, -0.15) is 0 Å². The van der Waals surface area contributed by atoms with E-state index in [4.69, 9.17) is 32.7 Å². The van der Waals surface area contributed by atoms with Crippen molar-refractivity contribution >= 4 is 52.3 Å². The highest BCUT2D eigenvalue weighted by atomic mass is 35.5. The molecule has 0 atom stereocenters. The summed E-state index contributed by atoms with van der Waals surface area (Å²) in [4.78, 5) is 14.5. The largest absolute Gasteiger partial charge is 0.497 e. The molecule has 2 aromatic heterocycles.